The average Bonchev–Trinajstić information content (AvgIpc) is 2.42. The van der Waals surface area contributed by atoms with Crippen LogP contribution in [0.2, 0.25) is 0 Å². The number of hydrazine groups is 1. The van der Waals surface area contributed by atoms with E-state index >= 15 is 0 Å². The maximum absolute atomic E-state index is 11.5. The standard InChI is InChI=1S/C13H18BrN3O3/c1-8(15-7-13(19)17-16-9(2)18)10-4-5-12(20-3)11(14)6-10/h4-6,8,15H,7H2,1-3H3,(H,16,18)(H,17,19)/p+1/t8-/m1/s1. The first-order chi connectivity index (χ1) is 9.43. The van der Waals surface area contributed by atoms with E-state index in [2.05, 4.69) is 26.8 Å². The number of quaternary nitrogens is 1. The van der Waals surface area contributed by atoms with Gasteiger partial charge in [0, 0.05) is 12.5 Å². The van der Waals surface area contributed by atoms with Gasteiger partial charge in [-0.3, -0.25) is 20.4 Å². The zero-order valence-electron chi connectivity index (χ0n) is 11.7. The molecule has 0 saturated carbocycles. The largest absolute Gasteiger partial charge is 0.496 e. The van der Waals surface area contributed by atoms with Gasteiger partial charge in [0.25, 0.3) is 5.91 Å². The third-order valence-corrected chi connectivity index (χ3v) is 3.36. The van der Waals surface area contributed by atoms with E-state index in [1.54, 1.807) is 7.11 Å². The van der Waals surface area contributed by atoms with Crippen LogP contribution in [0, 0.1) is 0 Å². The molecule has 1 aromatic rings. The van der Waals surface area contributed by atoms with E-state index in [1.165, 1.54) is 6.92 Å². The Bertz CT molecular complexity index is 494. The van der Waals surface area contributed by atoms with Crippen molar-refractivity contribution in [2.45, 2.75) is 19.9 Å². The molecule has 110 valence electrons. The summed E-state index contributed by atoms with van der Waals surface area (Å²) < 4.78 is 6.05. The molecule has 0 heterocycles. The van der Waals surface area contributed by atoms with Crippen molar-refractivity contribution in [1.82, 2.24) is 10.9 Å². The van der Waals surface area contributed by atoms with Crippen LogP contribution in [0.25, 0.3) is 0 Å². The Morgan fingerprint density at radius 1 is 1.40 bits per heavy atom. The molecule has 0 bridgehead atoms. The predicted molar refractivity (Wildman–Crippen MR) is 77.9 cm³/mol. The average molecular weight is 345 g/mol. The fourth-order valence-corrected chi connectivity index (χ4v) is 2.15. The van der Waals surface area contributed by atoms with Gasteiger partial charge in [0.2, 0.25) is 5.91 Å². The minimum Gasteiger partial charge on any atom is -0.496 e. The first kappa shape index (κ1) is 16.5. The number of methoxy groups -OCH3 is 1. The van der Waals surface area contributed by atoms with Crippen molar-refractivity contribution >= 4 is 27.7 Å². The number of halogens is 1. The molecule has 0 radical (unpaired) electrons. The molecule has 0 aliphatic carbocycles. The second-order valence-electron chi connectivity index (χ2n) is 4.35. The molecule has 0 spiro atoms. The fraction of sp³-hybridized carbons (Fsp3) is 0.385. The number of ether oxygens (including phenoxy) is 1. The van der Waals surface area contributed by atoms with Crippen molar-refractivity contribution in [3.63, 3.8) is 0 Å². The van der Waals surface area contributed by atoms with E-state index in [0.717, 1.165) is 15.8 Å². The first-order valence-electron chi connectivity index (χ1n) is 6.16. The normalized spacial score (nSPS) is 11.6. The summed E-state index contributed by atoms with van der Waals surface area (Å²) in [6.45, 7) is 3.56. The number of hydrogen-bond acceptors (Lipinski definition) is 3. The van der Waals surface area contributed by atoms with Gasteiger partial charge in [0.15, 0.2) is 6.54 Å². The number of benzene rings is 1. The van der Waals surface area contributed by atoms with Crippen molar-refractivity contribution in [2.75, 3.05) is 13.7 Å². The van der Waals surface area contributed by atoms with Crippen molar-refractivity contribution in [2.24, 2.45) is 0 Å². The Kier molecular flexibility index (Phi) is 6.47. The van der Waals surface area contributed by atoms with Crippen LogP contribution >= 0.6 is 15.9 Å². The van der Waals surface area contributed by atoms with E-state index in [-0.39, 0.29) is 24.4 Å². The highest BCUT2D eigenvalue weighted by Crippen LogP contribution is 2.26. The lowest BCUT2D eigenvalue weighted by atomic mass is 10.1. The molecule has 6 nitrogen and oxygen atoms in total. The summed E-state index contributed by atoms with van der Waals surface area (Å²) in [5.74, 6) is 0.217. The van der Waals surface area contributed by atoms with Crippen LogP contribution in [0.15, 0.2) is 22.7 Å². The van der Waals surface area contributed by atoms with Crippen molar-refractivity contribution in [1.29, 1.82) is 0 Å². The highest BCUT2D eigenvalue weighted by Gasteiger charge is 2.13. The van der Waals surface area contributed by atoms with Crippen LogP contribution in [-0.2, 0) is 9.59 Å². The van der Waals surface area contributed by atoms with Gasteiger partial charge in [0.05, 0.1) is 11.6 Å². The third-order valence-electron chi connectivity index (χ3n) is 2.74. The van der Waals surface area contributed by atoms with Crippen LogP contribution < -0.4 is 20.9 Å². The highest BCUT2D eigenvalue weighted by atomic mass is 79.9. The fourth-order valence-electron chi connectivity index (χ4n) is 1.59. The summed E-state index contributed by atoms with van der Waals surface area (Å²) >= 11 is 3.43. The molecule has 7 heteroatoms. The van der Waals surface area contributed by atoms with Crippen molar-refractivity contribution < 1.29 is 19.6 Å². The quantitative estimate of drug-likeness (QED) is 0.669. The van der Waals surface area contributed by atoms with Crippen LogP contribution in [0.5, 0.6) is 5.75 Å². The molecular formula is C13H19BrN3O3+. The zero-order valence-corrected chi connectivity index (χ0v) is 13.3. The molecule has 0 saturated heterocycles. The maximum atomic E-state index is 11.5. The van der Waals surface area contributed by atoms with Crippen molar-refractivity contribution in [3.8, 4) is 5.75 Å². The molecule has 1 aromatic carbocycles. The van der Waals surface area contributed by atoms with Gasteiger partial charge in [-0.25, -0.2) is 0 Å². The number of carbonyl (C=O) groups is 2. The van der Waals surface area contributed by atoms with E-state index in [1.807, 2.05) is 30.4 Å². The molecule has 2 amide bonds. The minimum atomic E-state index is -0.300. The molecule has 1 rings (SSSR count). The van der Waals surface area contributed by atoms with Crippen LogP contribution in [0.4, 0.5) is 0 Å². The van der Waals surface area contributed by atoms with Crippen LogP contribution in [0.1, 0.15) is 25.5 Å². The molecule has 0 aromatic heterocycles. The second kappa shape index (κ2) is 7.86. The lowest BCUT2D eigenvalue weighted by Crippen LogP contribution is -2.87. The van der Waals surface area contributed by atoms with E-state index in [4.69, 9.17) is 4.74 Å². The first-order valence-corrected chi connectivity index (χ1v) is 6.95. The Morgan fingerprint density at radius 3 is 2.65 bits per heavy atom. The number of nitrogens with one attached hydrogen (secondary N) is 2. The smallest absolute Gasteiger partial charge is 0.293 e. The Morgan fingerprint density at radius 2 is 2.10 bits per heavy atom. The summed E-state index contributed by atoms with van der Waals surface area (Å²) in [4.78, 5) is 22.1. The lowest BCUT2D eigenvalue weighted by molar-refractivity contribution is -0.682. The lowest BCUT2D eigenvalue weighted by Gasteiger charge is -2.12. The molecule has 0 aliphatic rings. The summed E-state index contributed by atoms with van der Waals surface area (Å²) in [5.41, 5.74) is 5.64. The minimum absolute atomic E-state index is 0.111. The molecule has 20 heavy (non-hydrogen) atoms. The van der Waals surface area contributed by atoms with Gasteiger partial charge in [-0.2, -0.15) is 0 Å². The summed E-state index contributed by atoms with van der Waals surface area (Å²) in [6.07, 6.45) is 0. The molecule has 0 fully saturated rings. The monoisotopic (exact) mass is 344 g/mol. The molecule has 0 unspecified atom stereocenters. The molecule has 0 aliphatic heterocycles. The number of nitrogens with two attached hydrogens (primary N) is 1. The summed E-state index contributed by atoms with van der Waals surface area (Å²) in [5, 5.41) is 1.88. The SMILES string of the molecule is COc1ccc([C@@H](C)[NH2+]CC(=O)NNC(C)=O)cc1Br. The van der Waals surface area contributed by atoms with Crippen molar-refractivity contribution in [3.05, 3.63) is 28.2 Å². The zero-order chi connectivity index (χ0) is 15.1. The summed E-state index contributed by atoms with van der Waals surface area (Å²) in [6, 6.07) is 5.91. The highest BCUT2D eigenvalue weighted by molar-refractivity contribution is 9.10. The van der Waals surface area contributed by atoms with Gasteiger partial charge in [-0.15, -0.1) is 0 Å². The Hall–Kier alpha value is -1.60. The number of carbonyl (C=O) groups excluding carboxylic acids is 2. The van der Waals surface area contributed by atoms with Crippen LogP contribution in [-0.4, -0.2) is 25.5 Å². The molecule has 4 N–H and O–H groups in total. The number of amides is 2. The van der Waals surface area contributed by atoms with Gasteiger partial charge in [0.1, 0.15) is 11.8 Å². The van der Waals surface area contributed by atoms with E-state index < -0.39 is 0 Å². The third kappa shape index (κ3) is 5.18. The topological polar surface area (TPSA) is 84.0 Å². The van der Waals surface area contributed by atoms with Gasteiger partial charge in [-0.05, 0) is 41.1 Å². The number of rotatable bonds is 5. The molecule has 1 atom stereocenters. The van der Waals surface area contributed by atoms with Gasteiger partial charge in [-0.1, -0.05) is 0 Å². The summed E-state index contributed by atoms with van der Waals surface area (Å²) in [7, 11) is 1.61. The predicted octanol–water partition coefficient (Wildman–Crippen LogP) is 0.249. The van der Waals surface area contributed by atoms with Gasteiger partial charge < -0.3 is 10.1 Å². The molecular weight excluding hydrogens is 326 g/mol. The van der Waals surface area contributed by atoms with Gasteiger partial charge >= 0.3 is 0 Å². The van der Waals surface area contributed by atoms with E-state index in [9.17, 15) is 9.59 Å². The number of hydrogen-bond donors (Lipinski definition) is 3. The Balaban J connectivity index is 2.50. The Labute approximate surface area is 126 Å². The maximum Gasteiger partial charge on any atom is 0.293 e. The van der Waals surface area contributed by atoms with E-state index in [0.29, 0.717) is 0 Å². The van der Waals surface area contributed by atoms with Crippen LogP contribution in [0.3, 0.4) is 0 Å². The second-order valence-corrected chi connectivity index (χ2v) is 5.21.